The minimum absolute atomic E-state index is 0.102. The number of nitrogens with one attached hydrogen (secondary N) is 1. The minimum Gasteiger partial charge on any atom is -0.481 e. The number of alkyl halides is 1. The molecule has 0 bridgehead atoms. The summed E-state index contributed by atoms with van der Waals surface area (Å²) in [6.07, 6.45) is 2.56. The van der Waals surface area contributed by atoms with E-state index in [9.17, 15) is 0 Å². The molecule has 1 heterocycles. The summed E-state index contributed by atoms with van der Waals surface area (Å²) in [6, 6.07) is 1.70. The molecule has 0 radical (unpaired) electrons. The maximum Gasteiger partial charge on any atom is 0.225 e. The fourth-order valence-corrected chi connectivity index (χ4v) is 0.965. The van der Waals surface area contributed by atoms with Crippen molar-refractivity contribution in [3.05, 3.63) is 12.3 Å². The van der Waals surface area contributed by atoms with Crippen molar-refractivity contribution in [2.24, 2.45) is 0 Å². The molecule has 0 spiro atoms. The number of aromatic nitrogens is 2. The first-order valence-electron chi connectivity index (χ1n) is 4.51. The quantitative estimate of drug-likeness (QED) is 0.763. The van der Waals surface area contributed by atoms with Crippen LogP contribution in [0.2, 0.25) is 0 Å². The average Bonchev–Trinajstić information content (AvgIpc) is 2.26. The van der Waals surface area contributed by atoms with E-state index in [-0.39, 0.29) is 5.38 Å². The number of hydrogen-bond acceptors (Lipinski definition) is 4. The smallest absolute Gasteiger partial charge is 0.225 e. The molecule has 0 amide bonds. The second-order valence-corrected chi connectivity index (χ2v) is 3.43. The van der Waals surface area contributed by atoms with Crippen LogP contribution in [-0.2, 0) is 0 Å². The van der Waals surface area contributed by atoms with E-state index in [2.05, 4.69) is 15.3 Å². The van der Waals surface area contributed by atoms with Crippen LogP contribution in [0.15, 0.2) is 12.3 Å². The van der Waals surface area contributed by atoms with Crippen molar-refractivity contribution < 1.29 is 4.74 Å². The lowest BCUT2D eigenvalue weighted by molar-refractivity contribution is 0.397. The van der Waals surface area contributed by atoms with E-state index in [1.807, 2.05) is 6.92 Å². The van der Waals surface area contributed by atoms with E-state index in [1.165, 1.54) is 0 Å². The van der Waals surface area contributed by atoms with Crippen LogP contribution >= 0.6 is 11.6 Å². The molecular weight excluding hydrogens is 202 g/mol. The van der Waals surface area contributed by atoms with Crippen molar-refractivity contribution in [2.75, 3.05) is 19.0 Å². The van der Waals surface area contributed by atoms with Crippen molar-refractivity contribution in [2.45, 2.75) is 18.7 Å². The summed E-state index contributed by atoms with van der Waals surface area (Å²) in [4.78, 5) is 8.13. The third-order valence-corrected chi connectivity index (χ3v) is 2.23. The molecule has 14 heavy (non-hydrogen) atoms. The summed E-state index contributed by atoms with van der Waals surface area (Å²) in [5.74, 6) is 1.09. The van der Waals surface area contributed by atoms with E-state index in [0.29, 0.717) is 18.4 Å². The third kappa shape index (κ3) is 3.38. The Hall–Kier alpha value is -1.03. The van der Waals surface area contributed by atoms with Gasteiger partial charge in [0.05, 0.1) is 12.5 Å². The highest BCUT2D eigenvalue weighted by Gasteiger charge is 2.02. The minimum atomic E-state index is 0.102. The van der Waals surface area contributed by atoms with Crippen LogP contribution in [0, 0.1) is 0 Å². The van der Waals surface area contributed by atoms with Gasteiger partial charge in [0.25, 0.3) is 0 Å². The van der Waals surface area contributed by atoms with E-state index in [4.69, 9.17) is 16.3 Å². The van der Waals surface area contributed by atoms with Crippen LogP contribution < -0.4 is 10.1 Å². The standard InChI is InChI=1S/C9H14ClN3O/c1-3-7(10)6-12-9-11-5-4-8(13-9)14-2/h4-5,7H,3,6H2,1-2H3,(H,11,12,13). The van der Waals surface area contributed by atoms with Gasteiger partial charge in [-0.2, -0.15) is 4.98 Å². The molecule has 0 aliphatic carbocycles. The molecule has 0 saturated heterocycles. The van der Waals surface area contributed by atoms with Gasteiger partial charge in [0.1, 0.15) is 0 Å². The summed E-state index contributed by atoms with van der Waals surface area (Å²) in [6.45, 7) is 2.69. The zero-order chi connectivity index (χ0) is 10.4. The van der Waals surface area contributed by atoms with Gasteiger partial charge in [-0.15, -0.1) is 11.6 Å². The van der Waals surface area contributed by atoms with E-state index in [1.54, 1.807) is 19.4 Å². The largest absolute Gasteiger partial charge is 0.481 e. The highest BCUT2D eigenvalue weighted by molar-refractivity contribution is 6.20. The SMILES string of the molecule is CCC(Cl)CNc1nccc(OC)n1. The predicted octanol–water partition coefficient (Wildman–Crippen LogP) is 1.91. The third-order valence-electron chi connectivity index (χ3n) is 1.76. The molecule has 1 rings (SSSR count). The van der Waals surface area contributed by atoms with Gasteiger partial charge in [0.2, 0.25) is 11.8 Å². The van der Waals surface area contributed by atoms with Crippen LogP contribution in [0.4, 0.5) is 5.95 Å². The second kappa shape index (κ2) is 5.65. The normalized spacial score (nSPS) is 12.2. The zero-order valence-electron chi connectivity index (χ0n) is 8.33. The average molecular weight is 216 g/mol. The molecule has 78 valence electrons. The topological polar surface area (TPSA) is 47.0 Å². The Morgan fingerprint density at radius 2 is 2.43 bits per heavy atom. The van der Waals surface area contributed by atoms with Gasteiger partial charge in [0, 0.05) is 18.8 Å². The molecule has 4 nitrogen and oxygen atoms in total. The second-order valence-electron chi connectivity index (χ2n) is 2.81. The molecule has 5 heteroatoms. The fraction of sp³-hybridized carbons (Fsp3) is 0.556. The summed E-state index contributed by atoms with van der Waals surface area (Å²) < 4.78 is 4.96. The zero-order valence-corrected chi connectivity index (χ0v) is 9.08. The van der Waals surface area contributed by atoms with Crippen molar-refractivity contribution >= 4 is 17.5 Å². The lowest BCUT2D eigenvalue weighted by Crippen LogP contribution is -2.14. The van der Waals surface area contributed by atoms with E-state index >= 15 is 0 Å². The molecule has 0 aromatic carbocycles. The summed E-state index contributed by atoms with van der Waals surface area (Å²) in [5.41, 5.74) is 0. The first-order valence-corrected chi connectivity index (χ1v) is 4.95. The number of anilines is 1. The Kier molecular flexibility index (Phi) is 4.46. The van der Waals surface area contributed by atoms with Gasteiger partial charge in [-0.25, -0.2) is 4.98 Å². The summed E-state index contributed by atoms with van der Waals surface area (Å²) in [7, 11) is 1.57. The molecule has 1 N–H and O–H groups in total. The summed E-state index contributed by atoms with van der Waals surface area (Å²) in [5, 5.41) is 3.14. The molecule has 1 aromatic rings. The maximum atomic E-state index is 5.94. The van der Waals surface area contributed by atoms with Crippen LogP contribution in [0.1, 0.15) is 13.3 Å². The molecule has 0 saturated carbocycles. The number of hydrogen-bond donors (Lipinski definition) is 1. The molecule has 1 aromatic heterocycles. The Morgan fingerprint density at radius 3 is 3.07 bits per heavy atom. The van der Waals surface area contributed by atoms with Crippen molar-refractivity contribution in [3.8, 4) is 5.88 Å². The van der Waals surface area contributed by atoms with Gasteiger partial charge in [-0.3, -0.25) is 0 Å². The molecule has 0 fully saturated rings. The number of nitrogens with zero attached hydrogens (tertiary/aromatic N) is 2. The molecule has 0 aliphatic heterocycles. The van der Waals surface area contributed by atoms with Crippen LogP contribution in [0.25, 0.3) is 0 Å². The molecule has 0 aliphatic rings. The van der Waals surface area contributed by atoms with Crippen LogP contribution in [0.5, 0.6) is 5.88 Å². The van der Waals surface area contributed by atoms with Crippen LogP contribution in [-0.4, -0.2) is 29.0 Å². The van der Waals surface area contributed by atoms with Gasteiger partial charge >= 0.3 is 0 Å². The highest BCUT2D eigenvalue weighted by Crippen LogP contribution is 2.08. The van der Waals surface area contributed by atoms with Gasteiger partial charge in [0.15, 0.2) is 0 Å². The Bertz CT molecular complexity index is 283. The maximum absolute atomic E-state index is 5.94. The first-order chi connectivity index (χ1) is 6.76. The molecular formula is C9H14ClN3O. The van der Waals surface area contributed by atoms with Crippen molar-refractivity contribution in [3.63, 3.8) is 0 Å². The number of methoxy groups -OCH3 is 1. The number of halogens is 1. The fourth-order valence-electron chi connectivity index (χ4n) is 0.887. The van der Waals surface area contributed by atoms with Crippen LogP contribution in [0.3, 0.4) is 0 Å². The highest BCUT2D eigenvalue weighted by atomic mass is 35.5. The van der Waals surface area contributed by atoms with Crippen molar-refractivity contribution in [1.29, 1.82) is 0 Å². The number of rotatable bonds is 5. The Balaban J connectivity index is 2.50. The monoisotopic (exact) mass is 215 g/mol. The molecule has 1 atom stereocenters. The van der Waals surface area contributed by atoms with E-state index < -0.39 is 0 Å². The molecule has 1 unspecified atom stereocenters. The van der Waals surface area contributed by atoms with Gasteiger partial charge in [-0.05, 0) is 6.42 Å². The predicted molar refractivity (Wildman–Crippen MR) is 57.0 cm³/mol. The van der Waals surface area contributed by atoms with Gasteiger partial charge < -0.3 is 10.1 Å². The van der Waals surface area contributed by atoms with Crippen molar-refractivity contribution in [1.82, 2.24) is 9.97 Å². The van der Waals surface area contributed by atoms with E-state index in [0.717, 1.165) is 6.42 Å². The first kappa shape index (κ1) is 11.0. The Morgan fingerprint density at radius 1 is 1.64 bits per heavy atom. The lowest BCUT2D eigenvalue weighted by Gasteiger charge is -2.08. The van der Waals surface area contributed by atoms with Gasteiger partial charge in [-0.1, -0.05) is 6.92 Å². The number of ether oxygens (including phenoxy) is 1. The Labute approximate surface area is 88.7 Å². The summed E-state index contributed by atoms with van der Waals surface area (Å²) >= 11 is 5.94. The lowest BCUT2D eigenvalue weighted by atomic mass is 10.3.